The summed E-state index contributed by atoms with van der Waals surface area (Å²) in [6, 6.07) is -1.61. The molecule has 4 amide bonds. The van der Waals surface area contributed by atoms with Gasteiger partial charge in [0.25, 0.3) is 0 Å². The molecule has 0 aliphatic heterocycles. The lowest BCUT2D eigenvalue weighted by Crippen LogP contribution is -2.50. The predicted molar refractivity (Wildman–Crippen MR) is 78.1 cm³/mol. The van der Waals surface area contributed by atoms with Gasteiger partial charge in [0.1, 0.15) is 0 Å². The van der Waals surface area contributed by atoms with Gasteiger partial charge in [0.15, 0.2) is 0 Å². The third kappa shape index (κ3) is 3.66. The zero-order valence-corrected chi connectivity index (χ0v) is 13.4. The van der Waals surface area contributed by atoms with Crippen LogP contribution >= 0.6 is 0 Å². The summed E-state index contributed by atoms with van der Waals surface area (Å²) in [5.41, 5.74) is 0. The molecule has 120 valence electrons. The van der Waals surface area contributed by atoms with Gasteiger partial charge in [-0.05, 0) is 43.9 Å². The van der Waals surface area contributed by atoms with Crippen molar-refractivity contribution in [3.05, 3.63) is 0 Å². The number of fused-ring (bicyclic) bond motifs is 2. The number of hydrogen-bond donors (Lipinski definition) is 2. The molecule has 8 heteroatoms. The Bertz CT molecular complexity index is 534. The zero-order chi connectivity index (χ0) is 15.8. The van der Waals surface area contributed by atoms with Crippen LogP contribution in [0, 0.1) is 17.8 Å². The quantitative estimate of drug-likeness (QED) is 0.815. The summed E-state index contributed by atoms with van der Waals surface area (Å²) in [6.07, 6.45) is 5.79. The first-order valence-corrected chi connectivity index (χ1v) is 9.08. The lowest BCUT2D eigenvalue weighted by Gasteiger charge is -2.28. The van der Waals surface area contributed by atoms with Crippen molar-refractivity contribution in [2.75, 3.05) is 13.3 Å². The van der Waals surface area contributed by atoms with Crippen LogP contribution in [0.1, 0.15) is 32.6 Å². The number of urea groups is 2. The molecule has 2 saturated carbocycles. The minimum atomic E-state index is -3.66. The van der Waals surface area contributed by atoms with E-state index < -0.39 is 22.1 Å². The third-order valence-electron chi connectivity index (χ3n) is 4.80. The summed E-state index contributed by atoms with van der Waals surface area (Å²) in [5, 5.41) is 4.79. The topological polar surface area (TPSA) is 95.6 Å². The van der Waals surface area contributed by atoms with Gasteiger partial charge in [-0.15, -0.1) is 0 Å². The molecule has 0 aromatic carbocycles. The number of carbonyl (C=O) groups is 2. The van der Waals surface area contributed by atoms with E-state index in [1.165, 1.54) is 19.3 Å². The van der Waals surface area contributed by atoms with Crippen LogP contribution in [0.4, 0.5) is 9.59 Å². The van der Waals surface area contributed by atoms with E-state index in [9.17, 15) is 18.0 Å². The first-order chi connectivity index (χ1) is 9.68. The average molecular weight is 317 g/mol. The average Bonchev–Trinajstić information content (AvgIpc) is 2.98. The fourth-order valence-corrected chi connectivity index (χ4v) is 3.93. The van der Waals surface area contributed by atoms with E-state index in [0.29, 0.717) is 16.1 Å². The number of sulfonamides is 1. The van der Waals surface area contributed by atoms with Gasteiger partial charge in [-0.1, -0.05) is 6.42 Å². The molecule has 2 rings (SSSR count). The highest BCUT2D eigenvalue weighted by Gasteiger charge is 2.42. The van der Waals surface area contributed by atoms with Crippen molar-refractivity contribution in [3.63, 3.8) is 0 Å². The maximum atomic E-state index is 11.8. The second-order valence-corrected chi connectivity index (χ2v) is 8.28. The molecule has 0 aromatic rings. The molecule has 2 bridgehead atoms. The highest BCUT2D eigenvalue weighted by atomic mass is 32.2. The van der Waals surface area contributed by atoms with Gasteiger partial charge in [0.2, 0.25) is 10.0 Å². The fraction of sp³-hybridized carbons (Fsp3) is 0.846. The lowest BCUT2D eigenvalue weighted by atomic mass is 9.84. The van der Waals surface area contributed by atoms with Crippen LogP contribution < -0.4 is 10.6 Å². The van der Waals surface area contributed by atoms with Crippen LogP contribution in [0.5, 0.6) is 0 Å². The van der Waals surface area contributed by atoms with Crippen LogP contribution in [-0.4, -0.2) is 44.1 Å². The first-order valence-electron chi connectivity index (χ1n) is 7.24. The summed E-state index contributed by atoms with van der Waals surface area (Å²) in [4.78, 5) is 23.4. The molecule has 0 saturated heterocycles. The van der Waals surface area contributed by atoms with Crippen molar-refractivity contribution in [3.8, 4) is 0 Å². The number of rotatable bonds is 3. The van der Waals surface area contributed by atoms with Gasteiger partial charge >= 0.3 is 12.1 Å². The van der Waals surface area contributed by atoms with Crippen LogP contribution in [0.15, 0.2) is 0 Å². The van der Waals surface area contributed by atoms with Crippen molar-refractivity contribution in [1.29, 1.82) is 0 Å². The second kappa shape index (κ2) is 5.82. The van der Waals surface area contributed by atoms with E-state index in [-0.39, 0.29) is 6.04 Å². The Balaban J connectivity index is 1.83. The van der Waals surface area contributed by atoms with E-state index in [1.807, 2.05) is 12.2 Å². The summed E-state index contributed by atoms with van der Waals surface area (Å²) in [6.45, 7) is 1.94. The Morgan fingerprint density at radius 1 is 1.24 bits per heavy atom. The van der Waals surface area contributed by atoms with Crippen LogP contribution in [0.3, 0.4) is 0 Å². The largest absolute Gasteiger partial charge is 0.338 e. The molecule has 4 atom stereocenters. The number of nitrogens with zero attached hydrogens (tertiary/aromatic N) is 1. The van der Waals surface area contributed by atoms with E-state index in [2.05, 4.69) is 5.32 Å². The van der Waals surface area contributed by atoms with Crippen molar-refractivity contribution in [2.24, 2.45) is 17.8 Å². The smallest absolute Gasteiger partial charge is 0.335 e. The molecule has 7 nitrogen and oxygen atoms in total. The minimum absolute atomic E-state index is 0.0170. The Labute approximate surface area is 125 Å². The highest BCUT2D eigenvalue weighted by molar-refractivity contribution is 7.88. The van der Waals surface area contributed by atoms with E-state index in [0.717, 1.165) is 25.6 Å². The Kier molecular flexibility index (Phi) is 4.46. The van der Waals surface area contributed by atoms with E-state index in [4.69, 9.17) is 0 Å². The van der Waals surface area contributed by atoms with Crippen LogP contribution in [0.2, 0.25) is 0 Å². The minimum Gasteiger partial charge on any atom is -0.335 e. The zero-order valence-electron chi connectivity index (χ0n) is 12.6. The SMILES string of the molecule is C[C@H](NC(=O)NC(=O)N(C)S(C)(=O)=O)[C@H]1C[C@@H]2CC[C@@H]1C2. The number of imide groups is 1. The Hall–Kier alpha value is -1.31. The molecule has 2 aliphatic rings. The molecule has 2 fully saturated rings. The summed E-state index contributed by atoms with van der Waals surface area (Å²) < 4.78 is 22.9. The van der Waals surface area contributed by atoms with Gasteiger partial charge in [-0.2, -0.15) is 0 Å². The Morgan fingerprint density at radius 3 is 2.38 bits per heavy atom. The molecule has 2 N–H and O–H groups in total. The third-order valence-corrected chi connectivity index (χ3v) is 5.96. The number of hydrogen-bond acceptors (Lipinski definition) is 4. The maximum absolute atomic E-state index is 11.8. The summed E-state index contributed by atoms with van der Waals surface area (Å²) in [5.74, 6) is 1.90. The maximum Gasteiger partial charge on any atom is 0.338 e. The fourth-order valence-electron chi connectivity index (χ4n) is 3.58. The van der Waals surface area contributed by atoms with Gasteiger partial charge in [-0.3, -0.25) is 5.32 Å². The molecule has 21 heavy (non-hydrogen) atoms. The van der Waals surface area contributed by atoms with Gasteiger partial charge in [-0.25, -0.2) is 22.3 Å². The monoisotopic (exact) mass is 317 g/mol. The van der Waals surface area contributed by atoms with Gasteiger partial charge in [0, 0.05) is 13.1 Å². The molecule has 0 aromatic heterocycles. The molecule has 0 unspecified atom stereocenters. The van der Waals surface area contributed by atoms with Gasteiger partial charge < -0.3 is 5.32 Å². The normalized spacial score (nSPS) is 29.0. The van der Waals surface area contributed by atoms with Crippen molar-refractivity contribution in [2.45, 2.75) is 38.6 Å². The molecule has 0 spiro atoms. The highest BCUT2D eigenvalue weighted by Crippen LogP contribution is 2.49. The van der Waals surface area contributed by atoms with E-state index >= 15 is 0 Å². The van der Waals surface area contributed by atoms with Crippen molar-refractivity contribution in [1.82, 2.24) is 14.9 Å². The molecule has 0 radical (unpaired) electrons. The molecular formula is C13H23N3O4S. The summed E-state index contributed by atoms with van der Waals surface area (Å²) >= 11 is 0. The first kappa shape index (κ1) is 16.1. The molecular weight excluding hydrogens is 294 g/mol. The van der Waals surface area contributed by atoms with E-state index in [1.54, 1.807) is 0 Å². The van der Waals surface area contributed by atoms with Crippen LogP contribution in [-0.2, 0) is 10.0 Å². The number of carbonyl (C=O) groups excluding carboxylic acids is 2. The second-order valence-electron chi connectivity index (χ2n) is 6.26. The predicted octanol–water partition coefficient (Wildman–Crippen LogP) is 1.12. The number of amides is 4. The van der Waals surface area contributed by atoms with Crippen molar-refractivity contribution < 1.29 is 18.0 Å². The lowest BCUT2D eigenvalue weighted by molar-refractivity contribution is 0.210. The molecule has 0 heterocycles. The Morgan fingerprint density at radius 2 is 1.90 bits per heavy atom. The van der Waals surface area contributed by atoms with Crippen LogP contribution in [0.25, 0.3) is 0 Å². The standard InChI is InChI=1S/C13H23N3O4S/c1-8(11-7-9-4-5-10(11)6-9)14-12(17)15-13(18)16(2)21(3,19)20/h8-11H,4-7H2,1-3H3,(H2,14,15,17,18)/t8-,9+,10+,11+/m0/s1. The number of nitrogens with one attached hydrogen (secondary N) is 2. The summed E-state index contributed by atoms with van der Waals surface area (Å²) in [7, 11) is -2.55. The van der Waals surface area contributed by atoms with Gasteiger partial charge in [0.05, 0.1) is 6.26 Å². The molecule has 2 aliphatic carbocycles. The van der Waals surface area contributed by atoms with Crippen molar-refractivity contribution >= 4 is 22.1 Å².